The quantitative estimate of drug-likeness (QED) is 0.502. The SMILES string of the molecule is CCc1nc(Cl)ccc1C=O. The second-order valence-electron chi connectivity index (χ2n) is 2.14. The summed E-state index contributed by atoms with van der Waals surface area (Å²) < 4.78 is 0. The van der Waals surface area contributed by atoms with Gasteiger partial charge in [0.05, 0.1) is 5.69 Å². The Balaban J connectivity index is 3.16. The number of pyridine rings is 1. The lowest BCUT2D eigenvalue weighted by Crippen LogP contribution is -1.94. The lowest BCUT2D eigenvalue weighted by atomic mass is 10.2. The first-order valence-electron chi connectivity index (χ1n) is 3.38. The Morgan fingerprint density at radius 2 is 2.36 bits per heavy atom. The van der Waals surface area contributed by atoms with E-state index in [-0.39, 0.29) is 0 Å². The van der Waals surface area contributed by atoms with Gasteiger partial charge >= 0.3 is 0 Å². The molecule has 0 aliphatic carbocycles. The van der Waals surface area contributed by atoms with E-state index in [2.05, 4.69) is 4.98 Å². The molecule has 1 heterocycles. The number of hydrogen-bond donors (Lipinski definition) is 0. The smallest absolute Gasteiger partial charge is 0.151 e. The van der Waals surface area contributed by atoms with E-state index in [4.69, 9.17) is 11.6 Å². The molecule has 11 heavy (non-hydrogen) atoms. The van der Waals surface area contributed by atoms with E-state index in [0.29, 0.717) is 10.7 Å². The highest BCUT2D eigenvalue weighted by Crippen LogP contribution is 2.09. The number of nitrogens with zero attached hydrogens (tertiary/aromatic N) is 1. The average Bonchev–Trinajstić information content (AvgIpc) is 2.04. The predicted octanol–water partition coefficient (Wildman–Crippen LogP) is 2.11. The third-order valence-corrected chi connectivity index (χ3v) is 1.65. The van der Waals surface area contributed by atoms with Crippen molar-refractivity contribution in [2.75, 3.05) is 0 Å². The van der Waals surface area contributed by atoms with Gasteiger partial charge in [0.2, 0.25) is 0 Å². The van der Waals surface area contributed by atoms with Gasteiger partial charge in [-0.15, -0.1) is 0 Å². The molecule has 0 atom stereocenters. The molecule has 1 aromatic heterocycles. The molecule has 0 N–H and O–H groups in total. The molecular formula is C8H8ClNO. The molecule has 0 unspecified atom stereocenters. The van der Waals surface area contributed by atoms with E-state index in [1.807, 2.05) is 6.92 Å². The van der Waals surface area contributed by atoms with Gasteiger partial charge in [-0.2, -0.15) is 0 Å². The van der Waals surface area contributed by atoms with Crippen molar-refractivity contribution in [1.82, 2.24) is 4.98 Å². The van der Waals surface area contributed by atoms with Crippen LogP contribution in [0.3, 0.4) is 0 Å². The number of carbonyl (C=O) groups is 1. The van der Waals surface area contributed by atoms with Crippen molar-refractivity contribution in [3.05, 3.63) is 28.5 Å². The first-order chi connectivity index (χ1) is 5.27. The van der Waals surface area contributed by atoms with Crippen molar-refractivity contribution < 1.29 is 4.79 Å². The maximum absolute atomic E-state index is 10.4. The summed E-state index contributed by atoms with van der Waals surface area (Å²) in [5.41, 5.74) is 1.38. The van der Waals surface area contributed by atoms with Crippen LogP contribution in [0.25, 0.3) is 0 Å². The fraction of sp³-hybridized carbons (Fsp3) is 0.250. The molecule has 58 valence electrons. The molecule has 0 saturated carbocycles. The van der Waals surface area contributed by atoms with Crippen molar-refractivity contribution in [2.45, 2.75) is 13.3 Å². The lowest BCUT2D eigenvalue weighted by molar-refractivity contribution is 0.112. The van der Waals surface area contributed by atoms with Gasteiger partial charge in [-0.25, -0.2) is 4.98 Å². The highest BCUT2D eigenvalue weighted by Gasteiger charge is 2.00. The zero-order chi connectivity index (χ0) is 8.27. The van der Waals surface area contributed by atoms with Gasteiger partial charge in [0.25, 0.3) is 0 Å². The largest absolute Gasteiger partial charge is 0.298 e. The summed E-state index contributed by atoms with van der Waals surface area (Å²) in [6, 6.07) is 3.30. The number of hydrogen-bond acceptors (Lipinski definition) is 2. The van der Waals surface area contributed by atoms with Crippen LogP contribution >= 0.6 is 11.6 Å². The molecule has 0 radical (unpaired) electrons. The maximum Gasteiger partial charge on any atom is 0.151 e. The minimum Gasteiger partial charge on any atom is -0.298 e. The summed E-state index contributed by atoms with van der Waals surface area (Å²) in [5.74, 6) is 0. The zero-order valence-electron chi connectivity index (χ0n) is 6.17. The number of aryl methyl sites for hydroxylation is 1. The molecule has 0 amide bonds. The molecule has 2 nitrogen and oxygen atoms in total. The van der Waals surface area contributed by atoms with Crippen LogP contribution in [0.15, 0.2) is 12.1 Å². The minimum atomic E-state index is 0.437. The van der Waals surface area contributed by atoms with Crippen molar-refractivity contribution in [2.24, 2.45) is 0 Å². The van der Waals surface area contributed by atoms with E-state index in [1.165, 1.54) is 0 Å². The molecule has 0 aromatic carbocycles. The Morgan fingerprint density at radius 1 is 1.64 bits per heavy atom. The number of aldehydes is 1. The van der Waals surface area contributed by atoms with Crippen LogP contribution in [0.2, 0.25) is 5.15 Å². The van der Waals surface area contributed by atoms with Crippen LogP contribution in [0, 0.1) is 0 Å². The number of rotatable bonds is 2. The highest BCUT2D eigenvalue weighted by molar-refractivity contribution is 6.29. The number of halogens is 1. The summed E-state index contributed by atoms with van der Waals surface area (Å²) in [5, 5.41) is 0.437. The third kappa shape index (κ3) is 1.77. The topological polar surface area (TPSA) is 30.0 Å². The number of aromatic nitrogens is 1. The third-order valence-electron chi connectivity index (χ3n) is 1.44. The number of carbonyl (C=O) groups excluding carboxylic acids is 1. The van der Waals surface area contributed by atoms with Crippen LogP contribution in [0.1, 0.15) is 23.0 Å². The Bertz CT molecular complexity index is 273. The van der Waals surface area contributed by atoms with Crippen molar-refractivity contribution in [3.63, 3.8) is 0 Å². The predicted molar refractivity (Wildman–Crippen MR) is 44.0 cm³/mol. The molecule has 1 rings (SSSR count). The molecular weight excluding hydrogens is 162 g/mol. The Morgan fingerprint density at radius 3 is 2.91 bits per heavy atom. The summed E-state index contributed by atoms with van der Waals surface area (Å²) in [4.78, 5) is 14.4. The van der Waals surface area contributed by atoms with Gasteiger partial charge < -0.3 is 0 Å². The fourth-order valence-corrected chi connectivity index (χ4v) is 1.04. The standard InChI is InChI=1S/C8H8ClNO/c1-2-7-6(5-11)3-4-8(9)10-7/h3-5H,2H2,1H3. The second kappa shape index (κ2) is 3.49. The fourth-order valence-electron chi connectivity index (χ4n) is 0.876. The van der Waals surface area contributed by atoms with Crippen LogP contribution < -0.4 is 0 Å². The zero-order valence-corrected chi connectivity index (χ0v) is 6.93. The van der Waals surface area contributed by atoms with Gasteiger partial charge in [-0.05, 0) is 18.6 Å². The Labute approximate surface area is 70.2 Å². The summed E-state index contributed by atoms with van der Waals surface area (Å²) in [6.07, 6.45) is 1.52. The van der Waals surface area contributed by atoms with Gasteiger partial charge in [0.1, 0.15) is 5.15 Å². The molecule has 1 aromatic rings. The molecule has 0 saturated heterocycles. The summed E-state index contributed by atoms with van der Waals surface area (Å²) in [7, 11) is 0. The van der Waals surface area contributed by atoms with E-state index in [1.54, 1.807) is 12.1 Å². The molecule has 0 bridgehead atoms. The summed E-state index contributed by atoms with van der Waals surface area (Å²) in [6.45, 7) is 1.94. The first kappa shape index (κ1) is 8.21. The van der Waals surface area contributed by atoms with E-state index in [0.717, 1.165) is 18.4 Å². The molecule has 0 fully saturated rings. The molecule has 0 spiro atoms. The van der Waals surface area contributed by atoms with Crippen LogP contribution in [-0.4, -0.2) is 11.3 Å². The van der Waals surface area contributed by atoms with Crippen LogP contribution in [0.5, 0.6) is 0 Å². The summed E-state index contributed by atoms with van der Waals surface area (Å²) >= 11 is 5.63. The molecule has 0 aliphatic rings. The van der Waals surface area contributed by atoms with Crippen molar-refractivity contribution in [1.29, 1.82) is 0 Å². The maximum atomic E-state index is 10.4. The molecule has 0 aliphatic heterocycles. The lowest BCUT2D eigenvalue weighted by Gasteiger charge is -1.99. The Hall–Kier alpha value is -0.890. The van der Waals surface area contributed by atoms with Gasteiger partial charge in [0.15, 0.2) is 6.29 Å². The minimum absolute atomic E-state index is 0.437. The van der Waals surface area contributed by atoms with E-state index in [9.17, 15) is 4.79 Å². The Kier molecular flexibility index (Phi) is 2.60. The first-order valence-corrected chi connectivity index (χ1v) is 3.76. The van der Waals surface area contributed by atoms with E-state index >= 15 is 0 Å². The van der Waals surface area contributed by atoms with Crippen molar-refractivity contribution >= 4 is 17.9 Å². The monoisotopic (exact) mass is 169 g/mol. The van der Waals surface area contributed by atoms with Gasteiger partial charge in [-0.3, -0.25) is 4.79 Å². The highest BCUT2D eigenvalue weighted by atomic mass is 35.5. The average molecular weight is 170 g/mol. The van der Waals surface area contributed by atoms with Gasteiger partial charge in [-0.1, -0.05) is 18.5 Å². The van der Waals surface area contributed by atoms with Crippen molar-refractivity contribution in [3.8, 4) is 0 Å². The van der Waals surface area contributed by atoms with Crippen LogP contribution in [0.4, 0.5) is 0 Å². The second-order valence-corrected chi connectivity index (χ2v) is 2.53. The van der Waals surface area contributed by atoms with E-state index < -0.39 is 0 Å². The normalized spacial score (nSPS) is 9.64. The van der Waals surface area contributed by atoms with Crippen LogP contribution in [-0.2, 0) is 6.42 Å². The van der Waals surface area contributed by atoms with Gasteiger partial charge in [0, 0.05) is 5.56 Å². The molecule has 3 heteroatoms.